The largest absolute Gasteiger partial charge is 0.419 e. The number of hydrogen-bond donors (Lipinski definition) is 0. The molecular formula is C18H17Cl2N3O3S. The minimum atomic E-state index is -3.92. The van der Waals surface area contributed by atoms with Crippen molar-refractivity contribution in [3.05, 3.63) is 64.5 Å². The second-order valence-electron chi connectivity index (χ2n) is 6.06. The zero-order valence-electron chi connectivity index (χ0n) is 14.6. The van der Waals surface area contributed by atoms with Gasteiger partial charge in [-0.05, 0) is 38.1 Å². The van der Waals surface area contributed by atoms with Crippen LogP contribution in [0.25, 0.3) is 11.5 Å². The van der Waals surface area contributed by atoms with Crippen molar-refractivity contribution in [3.63, 3.8) is 0 Å². The van der Waals surface area contributed by atoms with E-state index in [1.807, 2.05) is 30.3 Å². The van der Waals surface area contributed by atoms with E-state index in [-0.39, 0.29) is 33.4 Å². The van der Waals surface area contributed by atoms with Gasteiger partial charge in [0.15, 0.2) is 0 Å². The first-order valence-electron chi connectivity index (χ1n) is 8.14. The van der Waals surface area contributed by atoms with E-state index in [2.05, 4.69) is 10.2 Å². The number of benzene rings is 2. The van der Waals surface area contributed by atoms with E-state index < -0.39 is 10.0 Å². The SMILES string of the molecule is CC(C)N(Cc1nnc(-c2ccccc2)o1)S(=O)(=O)c1cccc(Cl)c1Cl. The van der Waals surface area contributed by atoms with Gasteiger partial charge >= 0.3 is 0 Å². The van der Waals surface area contributed by atoms with Crippen molar-refractivity contribution in [1.82, 2.24) is 14.5 Å². The van der Waals surface area contributed by atoms with Crippen LogP contribution >= 0.6 is 23.2 Å². The molecule has 2 aromatic carbocycles. The first-order chi connectivity index (χ1) is 12.8. The van der Waals surface area contributed by atoms with E-state index in [1.54, 1.807) is 19.9 Å². The highest BCUT2D eigenvalue weighted by molar-refractivity contribution is 7.89. The smallest absolute Gasteiger partial charge is 0.247 e. The average molecular weight is 426 g/mol. The lowest BCUT2D eigenvalue weighted by atomic mass is 10.2. The maximum atomic E-state index is 13.1. The third kappa shape index (κ3) is 4.16. The van der Waals surface area contributed by atoms with Crippen molar-refractivity contribution in [2.24, 2.45) is 0 Å². The van der Waals surface area contributed by atoms with Crippen LogP contribution in [0, 0.1) is 0 Å². The van der Waals surface area contributed by atoms with E-state index in [9.17, 15) is 8.42 Å². The molecule has 0 aliphatic heterocycles. The van der Waals surface area contributed by atoms with Gasteiger partial charge < -0.3 is 4.42 Å². The lowest BCUT2D eigenvalue weighted by Crippen LogP contribution is -2.36. The lowest BCUT2D eigenvalue weighted by molar-refractivity contribution is 0.313. The van der Waals surface area contributed by atoms with E-state index in [4.69, 9.17) is 27.6 Å². The van der Waals surface area contributed by atoms with Crippen LogP contribution < -0.4 is 0 Å². The van der Waals surface area contributed by atoms with E-state index in [0.29, 0.717) is 5.89 Å². The normalized spacial score (nSPS) is 12.1. The molecule has 3 rings (SSSR count). The fraction of sp³-hybridized carbons (Fsp3) is 0.222. The number of nitrogens with zero attached hydrogens (tertiary/aromatic N) is 3. The maximum absolute atomic E-state index is 13.1. The molecule has 0 saturated heterocycles. The van der Waals surface area contributed by atoms with Crippen molar-refractivity contribution in [2.45, 2.75) is 31.3 Å². The number of aromatic nitrogens is 2. The Hall–Kier alpha value is -1.93. The number of sulfonamides is 1. The quantitative estimate of drug-likeness (QED) is 0.574. The molecule has 0 unspecified atom stereocenters. The van der Waals surface area contributed by atoms with Gasteiger partial charge in [-0.2, -0.15) is 4.31 Å². The topological polar surface area (TPSA) is 76.3 Å². The van der Waals surface area contributed by atoms with Gasteiger partial charge in [0.2, 0.25) is 21.8 Å². The summed E-state index contributed by atoms with van der Waals surface area (Å²) >= 11 is 12.1. The van der Waals surface area contributed by atoms with Crippen LogP contribution in [0.1, 0.15) is 19.7 Å². The van der Waals surface area contributed by atoms with Crippen LogP contribution in [0.4, 0.5) is 0 Å². The molecule has 6 nitrogen and oxygen atoms in total. The predicted octanol–water partition coefficient (Wildman–Crippen LogP) is 4.64. The Morgan fingerprint density at radius 1 is 1.04 bits per heavy atom. The highest BCUT2D eigenvalue weighted by Gasteiger charge is 2.31. The van der Waals surface area contributed by atoms with Gasteiger partial charge in [-0.1, -0.05) is 47.5 Å². The fourth-order valence-corrected chi connectivity index (χ4v) is 4.83. The summed E-state index contributed by atoms with van der Waals surface area (Å²) < 4.78 is 33.1. The van der Waals surface area contributed by atoms with Gasteiger partial charge in [0.05, 0.1) is 16.6 Å². The Bertz CT molecular complexity index is 1040. The van der Waals surface area contributed by atoms with Gasteiger partial charge in [0, 0.05) is 11.6 Å². The minimum absolute atomic E-state index is 0.0136. The average Bonchev–Trinajstić information content (AvgIpc) is 3.11. The van der Waals surface area contributed by atoms with Crippen LogP contribution in [0.3, 0.4) is 0 Å². The van der Waals surface area contributed by atoms with Crippen LogP contribution in [-0.4, -0.2) is 29.0 Å². The Morgan fingerprint density at radius 3 is 2.41 bits per heavy atom. The lowest BCUT2D eigenvalue weighted by Gasteiger charge is -2.25. The number of hydrogen-bond acceptors (Lipinski definition) is 5. The minimum Gasteiger partial charge on any atom is -0.419 e. The van der Waals surface area contributed by atoms with Crippen LogP contribution in [0.5, 0.6) is 0 Å². The summed E-state index contributed by atoms with van der Waals surface area (Å²) in [7, 11) is -3.92. The van der Waals surface area contributed by atoms with Gasteiger partial charge in [-0.25, -0.2) is 8.42 Å². The summed E-state index contributed by atoms with van der Waals surface area (Å²) in [5, 5.41) is 8.14. The third-order valence-corrected chi connectivity index (χ3v) is 6.85. The first-order valence-corrected chi connectivity index (χ1v) is 10.3. The van der Waals surface area contributed by atoms with Gasteiger partial charge in [-0.15, -0.1) is 10.2 Å². The summed E-state index contributed by atoms with van der Waals surface area (Å²) in [6, 6.07) is 13.4. The van der Waals surface area contributed by atoms with E-state index >= 15 is 0 Å². The summed E-state index contributed by atoms with van der Waals surface area (Å²) in [6.07, 6.45) is 0. The molecular weight excluding hydrogens is 409 g/mol. The molecule has 0 amide bonds. The highest BCUT2D eigenvalue weighted by Crippen LogP contribution is 2.32. The molecule has 1 aromatic heterocycles. The first kappa shape index (κ1) is 19.8. The van der Waals surface area contributed by atoms with Crippen molar-refractivity contribution in [3.8, 4) is 11.5 Å². The zero-order chi connectivity index (χ0) is 19.6. The molecule has 3 aromatic rings. The molecule has 27 heavy (non-hydrogen) atoms. The van der Waals surface area contributed by atoms with Gasteiger partial charge in [0.1, 0.15) is 4.90 Å². The number of rotatable bonds is 6. The maximum Gasteiger partial charge on any atom is 0.247 e. The molecule has 142 valence electrons. The molecule has 0 fully saturated rings. The Labute approximate surface area is 167 Å². The summed E-state index contributed by atoms with van der Waals surface area (Å²) in [5.41, 5.74) is 0.757. The number of halogens is 2. The molecule has 0 spiro atoms. The molecule has 1 heterocycles. The van der Waals surface area contributed by atoms with Gasteiger partial charge in [-0.3, -0.25) is 0 Å². The Morgan fingerprint density at radius 2 is 1.74 bits per heavy atom. The molecule has 0 aliphatic rings. The fourth-order valence-electron chi connectivity index (χ4n) is 2.50. The molecule has 0 atom stereocenters. The molecule has 0 bridgehead atoms. The van der Waals surface area contributed by atoms with E-state index in [1.165, 1.54) is 16.4 Å². The van der Waals surface area contributed by atoms with Crippen LogP contribution in [-0.2, 0) is 16.6 Å². The van der Waals surface area contributed by atoms with E-state index in [0.717, 1.165) is 5.56 Å². The van der Waals surface area contributed by atoms with Crippen LogP contribution in [0.15, 0.2) is 57.8 Å². The summed E-state index contributed by atoms with van der Waals surface area (Å²) in [4.78, 5) is -0.0619. The molecule has 0 saturated carbocycles. The molecule has 0 N–H and O–H groups in total. The summed E-state index contributed by atoms with van der Waals surface area (Å²) in [5.74, 6) is 0.511. The second kappa shape index (κ2) is 7.98. The van der Waals surface area contributed by atoms with Crippen molar-refractivity contribution >= 4 is 33.2 Å². The zero-order valence-corrected chi connectivity index (χ0v) is 17.0. The second-order valence-corrected chi connectivity index (χ2v) is 8.71. The summed E-state index contributed by atoms with van der Waals surface area (Å²) in [6.45, 7) is 3.43. The predicted molar refractivity (Wildman–Crippen MR) is 104 cm³/mol. The Balaban J connectivity index is 1.93. The Kier molecular flexibility index (Phi) is 5.86. The van der Waals surface area contributed by atoms with Crippen molar-refractivity contribution < 1.29 is 12.8 Å². The molecule has 9 heteroatoms. The standard InChI is InChI=1S/C18H17Cl2N3O3S/c1-12(2)23(27(24,25)15-10-6-9-14(19)17(15)20)11-16-21-22-18(26-16)13-7-4-3-5-8-13/h3-10,12H,11H2,1-2H3. The van der Waals surface area contributed by atoms with Crippen molar-refractivity contribution in [2.75, 3.05) is 0 Å². The monoisotopic (exact) mass is 425 g/mol. The third-order valence-electron chi connectivity index (χ3n) is 3.86. The van der Waals surface area contributed by atoms with Crippen molar-refractivity contribution in [1.29, 1.82) is 0 Å². The molecule has 0 aliphatic carbocycles. The van der Waals surface area contributed by atoms with Crippen LogP contribution in [0.2, 0.25) is 10.0 Å². The van der Waals surface area contributed by atoms with Gasteiger partial charge in [0.25, 0.3) is 0 Å². The molecule has 0 radical (unpaired) electrons. The highest BCUT2D eigenvalue weighted by atomic mass is 35.5.